The second-order valence-corrected chi connectivity index (χ2v) is 11.9. The molecule has 7 nitrogen and oxygen atoms in total. The quantitative estimate of drug-likeness (QED) is 0.576. The number of carbonyl (C=O) groups excluding carboxylic acids is 3. The number of rotatable bonds is 8. The summed E-state index contributed by atoms with van der Waals surface area (Å²) in [5.41, 5.74) is 0.326. The number of Topliss-reactive ketones (excluding diaryl/α,β-unsaturated/α-hetero) is 2. The van der Waals surface area contributed by atoms with Crippen molar-refractivity contribution >= 4 is 17.7 Å². The Morgan fingerprint density at radius 1 is 1.22 bits per heavy atom. The fraction of sp³-hybridized carbons (Fsp3) is 0.690. The van der Waals surface area contributed by atoms with Gasteiger partial charge in [-0.3, -0.25) is 9.59 Å². The van der Waals surface area contributed by atoms with Crippen molar-refractivity contribution in [3.63, 3.8) is 0 Å². The number of aliphatic hydroxyl groups is 1. The van der Waals surface area contributed by atoms with Crippen molar-refractivity contribution in [1.29, 1.82) is 0 Å². The molecule has 4 aliphatic carbocycles. The van der Waals surface area contributed by atoms with Gasteiger partial charge in [-0.25, -0.2) is 4.79 Å². The van der Waals surface area contributed by atoms with Crippen molar-refractivity contribution in [3.05, 3.63) is 23.3 Å². The van der Waals surface area contributed by atoms with Crippen LogP contribution in [0.15, 0.2) is 12.1 Å². The summed E-state index contributed by atoms with van der Waals surface area (Å²) in [5, 5.41) is 12.4. The van der Waals surface area contributed by atoms with Crippen molar-refractivity contribution in [2.45, 2.75) is 94.7 Å². The standard InChI is InChI=1S/C29H37NO6/c1-3-20(31)5-4-14-30(2)27(33)35-23-9-8-19-16-21-18(15-17-6-7-17)10-12-28-24(19)25(23)36-26(28)22(32)11-13-29(21,28)34/h8-9,17-18,21,26,34H,3-7,10-16H2,1-2H3/t18?,21-,26-,28-,29+/m0/s1. The number of hydrogen-bond donors (Lipinski definition) is 1. The van der Waals surface area contributed by atoms with Gasteiger partial charge in [0, 0.05) is 38.4 Å². The number of hydrogen-bond acceptors (Lipinski definition) is 6. The molecule has 6 rings (SSSR count). The van der Waals surface area contributed by atoms with Crippen LogP contribution in [0.2, 0.25) is 0 Å². The third kappa shape index (κ3) is 3.45. The molecule has 36 heavy (non-hydrogen) atoms. The molecule has 0 aromatic heterocycles. The third-order valence-electron chi connectivity index (χ3n) is 9.87. The fourth-order valence-corrected chi connectivity index (χ4v) is 7.85. The van der Waals surface area contributed by atoms with E-state index in [1.807, 2.05) is 13.0 Å². The molecule has 2 bridgehead atoms. The first-order chi connectivity index (χ1) is 17.3. The Morgan fingerprint density at radius 2 is 2.03 bits per heavy atom. The molecule has 5 aliphatic rings. The van der Waals surface area contributed by atoms with Crippen LogP contribution in [0.4, 0.5) is 4.79 Å². The predicted octanol–water partition coefficient (Wildman–Crippen LogP) is 4.35. The molecule has 7 heteroatoms. The van der Waals surface area contributed by atoms with Gasteiger partial charge >= 0.3 is 6.09 Å². The molecular formula is C29H37NO6. The number of amides is 1. The van der Waals surface area contributed by atoms with Crippen LogP contribution in [0, 0.1) is 17.8 Å². The molecule has 1 unspecified atom stereocenters. The molecule has 194 valence electrons. The SMILES string of the molecule is CCC(=O)CCCN(C)C(=O)Oc1ccc2c3c1O[C@H]1C(=O)CC[C@@]4(O)[C@@H](C2)C(CC2CC2)CC[C@]314. The van der Waals surface area contributed by atoms with Crippen LogP contribution < -0.4 is 9.47 Å². The number of carbonyl (C=O) groups is 3. The van der Waals surface area contributed by atoms with Gasteiger partial charge in [-0.05, 0) is 67.9 Å². The Bertz CT molecular complexity index is 1110. The van der Waals surface area contributed by atoms with E-state index < -0.39 is 23.2 Å². The van der Waals surface area contributed by atoms with E-state index in [0.29, 0.717) is 56.1 Å². The van der Waals surface area contributed by atoms with Crippen LogP contribution in [0.3, 0.4) is 0 Å². The summed E-state index contributed by atoms with van der Waals surface area (Å²) < 4.78 is 12.2. The second-order valence-electron chi connectivity index (χ2n) is 11.9. The van der Waals surface area contributed by atoms with Crippen molar-refractivity contribution in [3.8, 4) is 11.5 Å². The van der Waals surface area contributed by atoms with E-state index in [-0.39, 0.29) is 17.5 Å². The summed E-state index contributed by atoms with van der Waals surface area (Å²) in [5.74, 6) is 2.40. The van der Waals surface area contributed by atoms with E-state index in [4.69, 9.17) is 9.47 Å². The third-order valence-corrected chi connectivity index (χ3v) is 9.87. The zero-order chi connectivity index (χ0) is 25.2. The minimum atomic E-state index is -0.965. The second kappa shape index (κ2) is 8.57. The highest BCUT2D eigenvalue weighted by Crippen LogP contribution is 2.68. The monoisotopic (exact) mass is 495 g/mol. The summed E-state index contributed by atoms with van der Waals surface area (Å²) >= 11 is 0. The summed E-state index contributed by atoms with van der Waals surface area (Å²) in [4.78, 5) is 39.1. The molecule has 5 atom stereocenters. The Labute approximate surface area is 212 Å². The van der Waals surface area contributed by atoms with Crippen LogP contribution in [-0.4, -0.2) is 53.0 Å². The van der Waals surface area contributed by atoms with Crippen molar-refractivity contribution in [2.75, 3.05) is 13.6 Å². The van der Waals surface area contributed by atoms with Gasteiger partial charge in [-0.2, -0.15) is 0 Å². The highest BCUT2D eigenvalue weighted by atomic mass is 16.6. The number of ether oxygens (including phenoxy) is 2. The fourth-order valence-electron chi connectivity index (χ4n) is 7.85. The van der Waals surface area contributed by atoms with Crippen LogP contribution in [0.1, 0.15) is 82.3 Å². The molecule has 0 radical (unpaired) electrons. The maximum atomic E-state index is 13.2. The minimum absolute atomic E-state index is 0.0399. The Balaban J connectivity index is 1.30. The Kier molecular flexibility index (Phi) is 5.71. The van der Waals surface area contributed by atoms with Gasteiger partial charge in [0.15, 0.2) is 23.4 Å². The van der Waals surface area contributed by atoms with Crippen LogP contribution >= 0.6 is 0 Å². The number of nitrogens with zero attached hydrogens (tertiary/aromatic N) is 1. The molecule has 1 N–H and O–H groups in total. The Morgan fingerprint density at radius 3 is 2.78 bits per heavy atom. The zero-order valence-electron chi connectivity index (χ0n) is 21.4. The van der Waals surface area contributed by atoms with E-state index in [0.717, 1.165) is 36.3 Å². The Hall–Kier alpha value is -2.41. The molecule has 1 aliphatic heterocycles. The first-order valence-corrected chi connectivity index (χ1v) is 13.8. The van der Waals surface area contributed by atoms with Crippen molar-refractivity contribution < 1.29 is 29.0 Å². The average Bonchev–Trinajstić information content (AvgIpc) is 3.60. The smallest absolute Gasteiger partial charge is 0.415 e. The summed E-state index contributed by atoms with van der Waals surface area (Å²) in [6, 6.07) is 3.80. The zero-order valence-corrected chi connectivity index (χ0v) is 21.4. The lowest BCUT2D eigenvalue weighted by Crippen LogP contribution is -2.71. The van der Waals surface area contributed by atoms with E-state index in [1.165, 1.54) is 24.2 Å². The lowest BCUT2D eigenvalue weighted by molar-refractivity contribution is -0.189. The maximum absolute atomic E-state index is 13.2. The molecule has 1 aromatic rings. The minimum Gasteiger partial charge on any atom is -0.477 e. The van der Waals surface area contributed by atoms with Crippen LogP contribution in [0.5, 0.6) is 11.5 Å². The lowest BCUT2D eigenvalue weighted by atomic mass is 9.43. The summed E-state index contributed by atoms with van der Waals surface area (Å²) in [6.45, 7) is 2.25. The predicted molar refractivity (Wildman–Crippen MR) is 132 cm³/mol. The number of benzene rings is 1. The molecule has 0 saturated heterocycles. The van der Waals surface area contributed by atoms with Crippen molar-refractivity contribution in [1.82, 2.24) is 4.90 Å². The molecule has 3 saturated carbocycles. The van der Waals surface area contributed by atoms with E-state index >= 15 is 0 Å². The molecule has 1 amide bonds. The van der Waals surface area contributed by atoms with Gasteiger partial charge in [0.05, 0.1) is 11.0 Å². The first-order valence-electron chi connectivity index (χ1n) is 13.8. The van der Waals surface area contributed by atoms with Gasteiger partial charge in [-0.15, -0.1) is 0 Å². The number of ketones is 2. The molecule has 1 spiro atoms. The summed E-state index contributed by atoms with van der Waals surface area (Å²) in [6.07, 6.45) is 7.39. The summed E-state index contributed by atoms with van der Waals surface area (Å²) in [7, 11) is 1.66. The topological polar surface area (TPSA) is 93.1 Å². The highest BCUT2D eigenvalue weighted by Gasteiger charge is 2.73. The van der Waals surface area contributed by atoms with Crippen LogP contribution in [-0.2, 0) is 21.4 Å². The van der Waals surface area contributed by atoms with E-state index in [2.05, 4.69) is 0 Å². The van der Waals surface area contributed by atoms with Gasteiger partial charge < -0.3 is 19.5 Å². The van der Waals surface area contributed by atoms with Gasteiger partial charge in [-0.1, -0.05) is 25.8 Å². The average molecular weight is 496 g/mol. The first kappa shape index (κ1) is 24.0. The highest BCUT2D eigenvalue weighted by molar-refractivity contribution is 5.90. The normalized spacial score (nSPS) is 33.5. The maximum Gasteiger partial charge on any atom is 0.415 e. The molecule has 3 fully saturated rings. The van der Waals surface area contributed by atoms with Gasteiger partial charge in [0.1, 0.15) is 5.78 Å². The molecule has 1 aromatic carbocycles. The van der Waals surface area contributed by atoms with Gasteiger partial charge in [0.2, 0.25) is 0 Å². The van der Waals surface area contributed by atoms with Crippen molar-refractivity contribution in [2.24, 2.45) is 17.8 Å². The van der Waals surface area contributed by atoms with E-state index in [9.17, 15) is 19.5 Å². The largest absolute Gasteiger partial charge is 0.477 e. The lowest BCUT2D eigenvalue weighted by Gasteiger charge is -2.61. The van der Waals surface area contributed by atoms with E-state index in [1.54, 1.807) is 13.1 Å². The molecule has 1 heterocycles. The van der Waals surface area contributed by atoms with Crippen LogP contribution in [0.25, 0.3) is 0 Å². The molecular weight excluding hydrogens is 458 g/mol. The van der Waals surface area contributed by atoms with Gasteiger partial charge in [0.25, 0.3) is 0 Å².